The molecule has 1 fully saturated rings. The molecule has 1 aliphatic rings. The van der Waals surface area contributed by atoms with Crippen LogP contribution in [-0.4, -0.2) is 6.54 Å². The van der Waals surface area contributed by atoms with Crippen LogP contribution < -0.4 is 5.32 Å². The van der Waals surface area contributed by atoms with E-state index in [1.807, 2.05) is 6.92 Å². The Hall–Kier alpha value is -0.550. The van der Waals surface area contributed by atoms with Crippen molar-refractivity contribution in [3.63, 3.8) is 0 Å². The molecule has 0 amide bonds. The van der Waals surface area contributed by atoms with Crippen LogP contribution in [0.2, 0.25) is 0 Å². The molecule has 0 spiro atoms. The van der Waals surface area contributed by atoms with Crippen molar-refractivity contribution in [2.45, 2.75) is 38.4 Å². The second kappa shape index (κ2) is 5.83. The van der Waals surface area contributed by atoms with Gasteiger partial charge >= 0.3 is 6.18 Å². The molecule has 106 valence electrons. The minimum atomic E-state index is -4.31. The van der Waals surface area contributed by atoms with Crippen molar-refractivity contribution in [1.82, 2.24) is 5.32 Å². The van der Waals surface area contributed by atoms with E-state index in [1.165, 1.54) is 6.07 Å². The Morgan fingerprint density at radius 3 is 2.58 bits per heavy atom. The van der Waals surface area contributed by atoms with Gasteiger partial charge in [0.1, 0.15) is 0 Å². The Kier molecular flexibility index (Phi) is 4.56. The maximum atomic E-state index is 13.1. The van der Waals surface area contributed by atoms with Crippen LogP contribution in [0.5, 0.6) is 0 Å². The van der Waals surface area contributed by atoms with Gasteiger partial charge in [-0.1, -0.05) is 41.8 Å². The van der Waals surface area contributed by atoms with E-state index < -0.39 is 11.7 Å². The van der Waals surface area contributed by atoms with Crippen LogP contribution in [-0.2, 0) is 6.18 Å². The summed E-state index contributed by atoms with van der Waals surface area (Å²) in [5.41, 5.74) is -0.169. The Balaban J connectivity index is 2.33. The molecule has 1 aromatic rings. The molecule has 1 atom stereocenters. The normalized spacial score (nSPS) is 17.5. The molecule has 2 rings (SSSR count). The summed E-state index contributed by atoms with van der Waals surface area (Å²) in [7, 11) is 0. The first kappa shape index (κ1) is 14.9. The summed E-state index contributed by atoms with van der Waals surface area (Å²) in [4.78, 5) is 0. The van der Waals surface area contributed by atoms with Crippen molar-refractivity contribution in [3.8, 4) is 0 Å². The average molecular weight is 336 g/mol. The zero-order chi connectivity index (χ0) is 14.0. The first-order valence-corrected chi connectivity index (χ1v) is 7.31. The average Bonchev–Trinajstić information content (AvgIpc) is 3.11. The van der Waals surface area contributed by atoms with Gasteiger partial charge in [0.25, 0.3) is 0 Å². The molecule has 0 heterocycles. The van der Waals surface area contributed by atoms with Gasteiger partial charge in [-0.25, -0.2) is 0 Å². The van der Waals surface area contributed by atoms with Gasteiger partial charge in [-0.2, -0.15) is 13.2 Å². The Labute approximate surface area is 119 Å². The lowest BCUT2D eigenvalue weighted by atomic mass is 9.95. The fourth-order valence-corrected chi connectivity index (χ4v) is 2.69. The van der Waals surface area contributed by atoms with Crippen LogP contribution in [0.25, 0.3) is 0 Å². The number of alkyl halides is 3. The predicted octanol–water partition coefficient (Wildman–Crippen LogP) is 4.92. The number of halogens is 4. The molecular weight excluding hydrogens is 319 g/mol. The Bertz CT molecular complexity index is 441. The first-order chi connectivity index (χ1) is 8.91. The van der Waals surface area contributed by atoms with Gasteiger partial charge in [0.2, 0.25) is 0 Å². The van der Waals surface area contributed by atoms with Crippen LogP contribution in [0.1, 0.15) is 43.4 Å². The third-order valence-electron chi connectivity index (χ3n) is 3.41. The highest BCUT2D eigenvalue weighted by Gasteiger charge is 2.36. The van der Waals surface area contributed by atoms with E-state index >= 15 is 0 Å². The molecule has 0 aromatic heterocycles. The maximum absolute atomic E-state index is 13.1. The number of rotatable bonds is 5. The molecular formula is C14H17BrF3N. The van der Waals surface area contributed by atoms with Crippen molar-refractivity contribution in [2.24, 2.45) is 5.92 Å². The first-order valence-electron chi connectivity index (χ1n) is 6.51. The monoisotopic (exact) mass is 335 g/mol. The third kappa shape index (κ3) is 3.96. The summed E-state index contributed by atoms with van der Waals surface area (Å²) in [6, 6.07) is 4.24. The van der Waals surface area contributed by atoms with Crippen LogP contribution in [0.15, 0.2) is 22.7 Å². The van der Waals surface area contributed by atoms with E-state index in [-0.39, 0.29) is 6.04 Å². The molecule has 1 aromatic carbocycles. The van der Waals surface area contributed by atoms with Crippen LogP contribution >= 0.6 is 15.9 Å². The zero-order valence-corrected chi connectivity index (χ0v) is 12.3. The minimum Gasteiger partial charge on any atom is -0.310 e. The van der Waals surface area contributed by atoms with Crippen molar-refractivity contribution in [1.29, 1.82) is 0 Å². The molecule has 5 heteroatoms. The van der Waals surface area contributed by atoms with E-state index in [1.54, 1.807) is 12.1 Å². The Morgan fingerprint density at radius 2 is 2.05 bits per heavy atom. The van der Waals surface area contributed by atoms with Gasteiger partial charge in [0.15, 0.2) is 0 Å². The predicted molar refractivity (Wildman–Crippen MR) is 72.9 cm³/mol. The van der Waals surface area contributed by atoms with E-state index in [2.05, 4.69) is 21.2 Å². The summed E-state index contributed by atoms with van der Waals surface area (Å²) < 4.78 is 39.9. The second-order valence-corrected chi connectivity index (χ2v) is 5.93. The summed E-state index contributed by atoms with van der Waals surface area (Å²) in [5.74, 6) is 0.578. The molecule has 0 saturated heterocycles. The summed E-state index contributed by atoms with van der Waals surface area (Å²) in [5, 5.41) is 3.19. The van der Waals surface area contributed by atoms with E-state index in [4.69, 9.17) is 0 Å². The lowest BCUT2D eigenvalue weighted by Gasteiger charge is -2.22. The third-order valence-corrected chi connectivity index (χ3v) is 3.91. The molecule has 0 radical (unpaired) electrons. The zero-order valence-electron chi connectivity index (χ0n) is 10.7. The smallest absolute Gasteiger partial charge is 0.310 e. The number of nitrogens with one attached hydrogen (secondary N) is 1. The van der Waals surface area contributed by atoms with Crippen molar-refractivity contribution in [3.05, 3.63) is 33.8 Å². The van der Waals surface area contributed by atoms with Crippen molar-refractivity contribution < 1.29 is 13.2 Å². The Morgan fingerprint density at radius 1 is 1.37 bits per heavy atom. The summed E-state index contributed by atoms with van der Waals surface area (Å²) in [6.45, 7) is 2.59. The molecule has 0 aliphatic heterocycles. The van der Waals surface area contributed by atoms with E-state index in [9.17, 15) is 13.2 Å². The molecule has 1 unspecified atom stereocenters. The van der Waals surface area contributed by atoms with Crippen molar-refractivity contribution >= 4 is 15.9 Å². The van der Waals surface area contributed by atoms with Gasteiger partial charge in [0.05, 0.1) is 5.56 Å². The van der Waals surface area contributed by atoms with Crippen LogP contribution in [0, 0.1) is 5.92 Å². The molecule has 0 bridgehead atoms. The van der Waals surface area contributed by atoms with Crippen LogP contribution in [0.4, 0.5) is 13.2 Å². The van der Waals surface area contributed by atoms with E-state index in [0.717, 1.165) is 19.3 Å². The van der Waals surface area contributed by atoms with E-state index in [0.29, 0.717) is 22.5 Å². The lowest BCUT2D eigenvalue weighted by Crippen LogP contribution is -2.24. The minimum absolute atomic E-state index is 0.206. The van der Waals surface area contributed by atoms with Gasteiger partial charge in [-0.05, 0) is 36.6 Å². The fourth-order valence-electron chi connectivity index (χ4n) is 2.33. The molecule has 1 N–H and O–H groups in total. The molecule has 1 nitrogen and oxygen atoms in total. The molecule has 1 aliphatic carbocycles. The lowest BCUT2D eigenvalue weighted by molar-refractivity contribution is -0.138. The molecule has 1 saturated carbocycles. The molecule has 19 heavy (non-hydrogen) atoms. The largest absolute Gasteiger partial charge is 0.416 e. The standard InChI is InChI=1S/C14H17BrF3N/c1-2-19-13(7-9-3-4-9)11-6-5-10(15)8-12(11)14(16,17)18/h5-6,8-9,13,19H,2-4,7H2,1H3. The number of hydrogen-bond donors (Lipinski definition) is 1. The SMILES string of the molecule is CCNC(CC1CC1)c1ccc(Br)cc1C(F)(F)F. The van der Waals surface area contributed by atoms with Gasteiger partial charge in [-0.15, -0.1) is 0 Å². The number of benzene rings is 1. The van der Waals surface area contributed by atoms with Crippen molar-refractivity contribution in [2.75, 3.05) is 6.54 Å². The quantitative estimate of drug-likeness (QED) is 0.805. The van der Waals surface area contributed by atoms with Crippen LogP contribution in [0.3, 0.4) is 0 Å². The fraction of sp³-hybridized carbons (Fsp3) is 0.571. The number of hydrogen-bond acceptors (Lipinski definition) is 1. The second-order valence-electron chi connectivity index (χ2n) is 5.02. The summed E-state index contributed by atoms with van der Waals surface area (Å²) >= 11 is 3.12. The van der Waals surface area contributed by atoms with Gasteiger partial charge < -0.3 is 5.32 Å². The summed E-state index contributed by atoms with van der Waals surface area (Å²) in [6.07, 6.45) is -1.24. The highest BCUT2D eigenvalue weighted by molar-refractivity contribution is 9.10. The van der Waals surface area contributed by atoms with Gasteiger partial charge in [-0.3, -0.25) is 0 Å². The topological polar surface area (TPSA) is 12.0 Å². The highest BCUT2D eigenvalue weighted by Crippen LogP contribution is 2.42. The highest BCUT2D eigenvalue weighted by atomic mass is 79.9. The van der Waals surface area contributed by atoms with Gasteiger partial charge in [0, 0.05) is 10.5 Å². The maximum Gasteiger partial charge on any atom is 0.416 e.